The van der Waals surface area contributed by atoms with Gasteiger partial charge in [-0.2, -0.15) is 0 Å². The van der Waals surface area contributed by atoms with Gasteiger partial charge in [-0.15, -0.1) is 0 Å². The maximum absolute atomic E-state index is 11.9. The van der Waals surface area contributed by atoms with E-state index in [1.807, 2.05) is 6.92 Å². The lowest BCUT2D eigenvalue weighted by molar-refractivity contribution is -0.179. The van der Waals surface area contributed by atoms with Crippen molar-refractivity contribution < 1.29 is 19.7 Å². The first-order valence-electron chi connectivity index (χ1n) is 9.90. The average molecular weight is 363 g/mol. The van der Waals surface area contributed by atoms with E-state index in [1.54, 1.807) is 0 Å². The molecule has 0 saturated heterocycles. The molecule has 4 nitrogen and oxygen atoms in total. The minimum absolute atomic E-state index is 0.116. The van der Waals surface area contributed by atoms with E-state index in [0.29, 0.717) is 25.7 Å². The highest BCUT2D eigenvalue weighted by molar-refractivity contribution is 5.66. The molecule has 0 aromatic rings. The highest BCUT2D eigenvalue weighted by atomic mass is 16.5. The molecule has 0 aromatic carbocycles. The molecule has 0 aromatic heterocycles. The fraction of sp³-hybridized carbons (Fsp3) is 0.773. The normalized spacial score (nSPS) is 45.6. The van der Waals surface area contributed by atoms with Gasteiger partial charge in [0.05, 0.1) is 11.2 Å². The van der Waals surface area contributed by atoms with Gasteiger partial charge in [-0.1, -0.05) is 40.3 Å². The van der Waals surface area contributed by atoms with E-state index in [2.05, 4.69) is 33.4 Å². The maximum Gasteiger partial charge on any atom is 0.302 e. The Hall–Kier alpha value is -1.13. The van der Waals surface area contributed by atoms with Crippen molar-refractivity contribution >= 4 is 5.97 Å². The average Bonchev–Trinajstić information content (AvgIpc) is 2.73. The van der Waals surface area contributed by atoms with E-state index < -0.39 is 16.6 Å². The third-order valence-corrected chi connectivity index (χ3v) is 7.76. The summed E-state index contributed by atoms with van der Waals surface area (Å²) in [7, 11) is 0. The lowest BCUT2D eigenvalue weighted by Crippen LogP contribution is -2.59. The molecule has 2 N–H and O–H groups in total. The molecule has 146 valence electrons. The molecule has 2 fully saturated rings. The van der Waals surface area contributed by atoms with Gasteiger partial charge in [0.25, 0.3) is 0 Å². The van der Waals surface area contributed by atoms with Crippen LogP contribution < -0.4 is 0 Å². The van der Waals surface area contributed by atoms with Crippen LogP contribution in [0.5, 0.6) is 0 Å². The summed E-state index contributed by atoms with van der Waals surface area (Å²) in [6.45, 7) is 13.9. The van der Waals surface area contributed by atoms with Crippen molar-refractivity contribution in [1.82, 2.24) is 0 Å². The van der Waals surface area contributed by atoms with Crippen LogP contribution >= 0.6 is 0 Å². The molecule has 4 heteroatoms. The molecule has 0 heterocycles. The Bertz CT molecular complexity index is 665. The standard InChI is InChI=1S/C22H34O4/c1-14(2)21(24)12-11-19(5)13-22(25)15(3)7-8-18(26-16(4)23)20(22,6)10-9-17(19)21/h9,14,18,24-25H,3,7-8,10-13H2,1-2,4-6H3. The van der Waals surface area contributed by atoms with E-state index in [-0.39, 0.29) is 23.4 Å². The van der Waals surface area contributed by atoms with E-state index in [4.69, 9.17) is 4.74 Å². The summed E-state index contributed by atoms with van der Waals surface area (Å²) in [5.41, 5.74) is -0.954. The number of allylic oxidation sites excluding steroid dienone is 1. The van der Waals surface area contributed by atoms with Crippen LogP contribution in [0.1, 0.15) is 73.1 Å². The van der Waals surface area contributed by atoms with Crippen LogP contribution in [0, 0.1) is 16.7 Å². The Kier molecular flexibility index (Phi) is 4.48. The summed E-state index contributed by atoms with van der Waals surface area (Å²) >= 11 is 0. The fourth-order valence-corrected chi connectivity index (χ4v) is 5.86. The van der Waals surface area contributed by atoms with Crippen LogP contribution in [0.4, 0.5) is 0 Å². The summed E-state index contributed by atoms with van der Waals surface area (Å²) in [5, 5.41) is 23.3. The Morgan fingerprint density at radius 2 is 1.96 bits per heavy atom. The summed E-state index contributed by atoms with van der Waals surface area (Å²) < 4.78 is 5.66. The number of hydrogen-bond acceptors (Lipinski definition) is 4. The largest absolute Gasteiger partial charge is 0.462 e. The number of carbonyl (C=O) groups is 1. The smallest absolute Gasteiger partial charge is 0.302 e. The van der Waals surface area contributed by atoms with Gasteiger partial charge in [0, 0.05) is 12.3 Å². The predicted molar refractivity (Wildman–Crippen MR) is 101 cm³/mol. The van der Waals surface area contributed by atoms with Crippen molar-refractivity contribution in [2.45, 2.75) is 90.4 Å². The third kappa shape index (κ3) is 2.52. The van der Waals surface area contributed by atoms with Gasteiger partial charge >= 0.3 is 5.97 Å². The van der Waals surface area contributed by atoms with Crippen molar-refractivity contribution in [1.29, 1.82) is 0 Å². The van der Waals surface area contributed by atoms with Gasteiger partial charge in [-0.25, -0.2) is 0 Å². The van der Waals surface area contributed by atoms with Crippen molar-refractivity contribution in [2.75, 3.05) is 0 Å². The number of aliphatic hydroxyl groups is 2. The Morgan fingerprint density at radius 1 is 1.31 bits per heavy atom. The first-order chi connectivity index (χ1) is 11.9. The van der Waals surface area contributed by atoms with Gasteiger partial charge in [-0.05, 0) is 61.0 Å². The Balaban J connectivity index is 2.11. The van der Waals surface area contributed by atoms with Crippen LogP contribution in [-0.4, -0.2) is 33.5 Å². The zero-order valence-corrected chi connectivity index (χ0v) is 16.9. The lowest BCUT2D eigenvalue weighted by Gasteiger charge is -2.54. The lowest BCUT2D eigenvalue weighted by atomic mass is 9.56. The molecule has 3 aliphatic carbocycles. The van der Waals surface area contributed by atoms with Crippen molar-refractivity contribution in [3.63, 3.8) is 0 Å². The zero-order valence-electron chi connectivity index (χ0n) is 16.9. The molecule has 5 atom stereocenters. The number of esters is 1. The van der Waals surface area contributed by atoms with Crippen LogP contribution in [0.25, 0.3) is 0 Å². The van der Waals surface area contributed by atoms with E-state index >= 15 is 0 Å². The number of ether oxygens (including phenoxy) is 1. The van der Waals surface area contributed by atoms with Gasteiger partial charge in [0.15, 0.2) is 0 Å². The molecule has 0 spiro atoms. The minimum Gasteiger partial charge on any atom is -0.462 e. The fourth-order valence-electron chi connectivity index (χ4n) is 5.86. The molecule has 3 rings (SSSR count). The second-order valence-electron chi connectivity index (χ2n) is 9.66. The van der Waals surface area contributed by atoms with E-state index in [9.17, 15) is 15.0 Å². The summed E-state index contributed by atoms with van der Waals surface area (Å²) in [6, 6.07) is 0. The van der Waals surface area contributed by atoms with E-state index in [1.165, 1.54) is 6.92 Å². The van der Waals surface area contributed by atoms with Gasteiger partial charge in [0.1, 0.15) is 6.10 Å². The van der Waals surface area contributed by atoms with Crippen LogP contribution in [0.3, 0.4) is 0 Å². The molecule has 0 bridgehead atoms. The number of hydrogen-bond donors (Lipinski definition) is 2. The first kappa shape index (κ1) is 19.6. The number of carbonyl (C=O) groups excluding carboxylic acids is 1. The molecular formula is C22H34O4. The van der Waals surface area contributed by atoms with Crippen LogP contribution in [-0.2, 0) is 9.53 Å². The van der Waals surface area contributed by atoms with E-state index in [0.717, 1.165) is 24.0 Å². The first-order valence-corrected chi connectivity index (χ1v) is 9.90. The summed E-state index contributed by atoms with van der Waals surface area (Å²) in [5.74, 6) is -0.196. The molecule has 0 amide bonds. The molecule has 26 heavy (non-hydrogen) atoms. The highest BCUT2D eigenvalue weighted by Gasteiger charge is 2.63. The molecule has 2 saturated carbocycles. The number of fused-ring (bicyclic) bond motifs is 2. The van der Waals surface area contributed by atoms with Crippen molar-refractivity contribution in [3.8, 4) is 0 Å². The molecule has 0 radical (unpaired) electrons. The summed E-state index contributed by atoms with van der Waals surface area (Å²) in [4.78, 5) is 11.7. The van der Waals surface area contributed by atoms with Crippen LogP contribution in [0.15, 0.2) is 23.8 Å². The molecular weight excluding hydrogens is 328 g/mol. The Labute approximate surface area is 157 Å². The molecule has 3 aliphatic rings. The maximum atomic E-state index is 11.9. The predicted octanol–water partition coefficient (Wildman–Crippen LogP) is 3.91. The third-order valence-electron chi connectivity index (χ3n) is 7.76. The quantitative estimate of drug-likeness (QED) is 0.577. The van der Waals surface area contributed by atoms with Gasteiger partial charge in [0.2, 0.25) is 0 Å². The zero-order chi connectivity index (χ0) is 19.5. The SMILES string of the molecule is C=C1CCC(OC(C)=O)C2(C)CC=C3C(C)(CCC3(O)C(C)C)CC12O. The Morgan fingerprint density at radius 3 is 2.54 bits per heavy atom. The molecule has 0 aliphatic heterocycles. The van der Waals surface area contributed by atoms with Crippen LogP contribution in [0.2, 0.25) is 0 Å². The highest BCUT2D eigenvalue weighted by Crippen LogP contribution is 2.63. The van der Waals surface area contributed by atoms with Crippen molar-refractivity contribution in [2.24, 2.45) is 16.7 Å². The molecule has 5 unspecified atom stereocenters. The van der Waals surface area contributed by atoms with Gasteiger partial charge < -0.3 is 14.9 Å². The minimum atomic E-state index is -1.11. The second kappa shape index (κ2) is 5.93. The summed E-state index contributed by atoms with van der Waals surface area (Å²) in [6.07, 6.45) is 5.79. The topological polar surface area (TPSA) is 66.8 Å². The number of rotatable bonds is 2. The monoisotopic (exact) mass is 362 g/mol. The van der Waals surface area contributed by atoms with Crippen molar-refractivity contribution in [3.05, 3.63) is 23.8 Å². The van der Waals surface area contributed by atoms with Gasteiger partial charge in [-0.3, -0.25) is 4.79 Å². The second-order valence-corrected chi connectivity index (χ2v) is 9.66.